The third-order valence-corrected chi connectivity index (χ3v) is 16.8. The lowest BCUT2D eigenvalue weighted by Crippen LogP contribution is -2.45. The molecule has 0 spiro atoms. The van der Waals surface area contributed by atoms with E-state index >= 15 is 0 Å². The maximum Gasteiger partial charge on any atom is 0.220 e. The summed E-state index contributed by atoms with van der Waals surface area (Å²) in [6.45, 7) is 4.23. The predicted molar refractivity (Wildman–Crippen MR) is 373 cm³/mol. The minimum atomic E-state index is -0.844. The first kappa shape index (κ1) is 80.3. The molecule has 0 saturated carbocycles. The Morgan fingerprint density at radius 2 is 0.530 bits per heavy atom. The minimum Gasteiger partial charge on any atom is -0.394 e. The Balaban J connectivity index is 3.46. The minimum absolute atomic E-state index is 0.0592. The molecule has 0 radical (unpaired) electrons. The molecule has 0 aliphatic carbocycles. The van der Waals surface area contributed by atoms with Crippen LogP contribution in [0.4, 0.5) is 0 Å². The van der Waals surface area contributed by atoms with Gasteiger partial charge in [-0.15, -0.1) is 0 Å². The average Bonchev–Trinajstić information content (AvgIpc) is 3.51. The van der Waals surface area contributed by atoms with Crippen molar-refractivity contribution in [2.45, 2.75) is 392 Å². The number of amides is 1. The highest BCUT2D eigenvalue weighted by Crippen LogP contribution is 2.19. The molecule has 0 aliphatic heterocycles. The molecular weight excluding hydrogens is 1010 g/mol. The van der Waals surface area contributed by atoms with Gasteiger partial charge in [0.05, 0.1) is 18.8 Å². The number of nitrogens with one attached hydrogen (secondary N) is 1. The molecule has 3 N–H and O–H groups in total. The molecule has 482 valence electrons. The van der Waals surface area contributed by atoms with E-state index in [9.17, 15) is 15.0 Å². The zero-order chi connectivity index (χ0) is 59.8. The van der Waals surface area contributed by atoms with Crippen molar-refractivity contribution in [3.05, 3.63) is 97.2 Å². The van der Waals surface area contributed by atoms with Gasteiger partial charge in [-0.2, -0.15) is 0 Å². The molecule has 1 amide bonds. The summed E-state index contributed by atoms with van der Waals surface area (Å²) in [5, 5.41) is 23.3. The molecule has 0 rings (SSSR count). The molecule has 0 fully saturated rings. The number of allylic oxidation sites excluding steroid dienone is 15. The van der Waals surface area contributed by atoms with Gasteiger partial charge in [0.2, 0.25) is 5.91 Å². The van der Waals surface area contributed by atoms with E-state index < -0.39 is 12.1 Å². The van der Waals surface area contributed by atoms with E-state index in [-0.39, 0.29) is 12.5 Å². The van der Waals surface area contributed by atoms with Crippen molar-refractivity contribution >= 4 is 5.91 Å². The molecule has 0 aromatic rings. The van der Waals surface area contributed by atoms with Gasteiger partial charge in [-0.1, -0.05) is 394 Å². The number of carbonyl (C=O) groups is 1. The van der Waals surface area contributed by atoms with Gasteiger partial charge in [0.1, 0.15) is 0 Å². The lowest BCUT2D eigenvalue weighted by atomic mass is 10.0. The number of hydrogen-bond donors (Lipinski definition) is 3. The Kier molecular flexibility index (Phi) is 71.2. The van der Waals surface area contributed by atoms with Crippen LogP contribution in [-0.2, 0) is 4.79 Å². The lowest BCUT2D eigenvalue weighted by Gasteiger charge is -2.20. The first-order valence-corrected chi connectivity index (χ1v) is 37.0. The van der Waals surface area contributed by atoms with Gasteiger partial charge < -0.3 is 15.5 Å². The first-order valence-electron chi connectivity index (χ1n) is 37.0. The van der Waals surface area contributed by atoms with Gasteiger partial charge in [0, 0.05) is 6.42 Å². The summed E-state index contributed by atoms with van der Waals surface area (Å²) in [5.74, 6) is -0.0592. The average molecular weight is 1160 g/mol. The van der Waals surface area contributed by atoms with E-state index in [4.69, 9.17) is 0 Å². The fourth-order valence-electron chi connectivity index (χ4n) is 11.3. The number of aliphatic hydroxyl groups excluding tert-OH is 2. The molecule has 0 aromatic carbocycles. The summed E-state index contributed by atoms with van der Waals surface area (Å²) in [6.07, 6.45) is 109. The van der Waals surface area contributed by atoms with E-state index in [0.717, 1.165) is 70.6 Å². The molecule has 0 heterocycles. The zero-order valence-electron chi connectivity index (χ0n) is 55.7. The highest BCUT2D eigenvalue weighted by atomic mass is 16.3. The third kappa shape index (κ3) is 70.0. The molecule has 2 atom stereocenters. The number of unbranched alkanes of at least 4 members (excludes halogenated alkanes) is 47. The fourth-order valence-corrected chi connectivity index (χ4v) is 11.3. The number of hydrogen-bond acceptors (Lipinski definition) is 3. The summed E-state index contributed by atoms with van der Waals surface area (Å²) >= 11 is 0. The second-order valence-corrected chi connectivity index (χ2v) is 25.0. The monoisotopic (exact) mass is 1150 g/mol. The van der Waals surface area contributed by atoms with Gasteiger partial charge in [-0.25, -0.2) is 0 Å². The van der Waals surface area contributed by atoms with Gasteiger partial charge in [0.15, 0.2) is 0 Å². The van der Waals surface area contributed by atoms with E-state index in [1.165, 1.54) is 289 Å². The van der Waals surface area contributed by atoms with Crippen LogP contribution in [0, 0.1) is 0 Å². The summed E-state index contributed by atoms with van der Waals surface area (Å²) in [5.41, 5.74) is 0. The van der Waals surface area contributed by atoms with Crippen LogP contribution < -0.4 is 5.32 Å². The van der Waals surface area contributed by atoms with Crippen molar-refractivity contribution in [2.24, 2.45) is 0 Å². The van der Waals surface area contributed by atoms with Crippen molar-refractivity contribution in [3.63, 3.8) is 0 Å². The maximum atomic E-state index is 12.6. The number of rotatable bonds is 68. The normalized spacial score (nSPS) is 13.3. The highest BCUT2D eigenvalue weighted by molar-refractivity contribution is 5.76. The molecule has 4 nitrogen and oxygen atoms in total. The molecule has 83 heavy (non-hydrogen) atoms. The van der Waals surface area contributed by atoms with E-state index in [1.807, 2.05) is 6.08 Å². The molecule has 0 saturated heterocycles. The van der Waals surface area contributed by atoms with Crippen LogP contribution in [-0.4, -0.2) is 34.9 Å². The second-order valence-electron chi connectivity index (χ2n) is 25.0. The summed E-state index contributed by atoms with van der Waals surface area (Å²) < 4.78 is 0. The molecular formula is C79H143NO3. The Morgan fingerprint density at radius 1 is 0.301 bits per heavy atom. The Labute approximate surface area is 519 Å². The Morgan fingerprint density at radius 3 is 0.795 bits per heavy atom. The third-order valence-electron chi connectivity index (χ3n) is 16.8. The summed E-state index contributed by atoms with van der Waals surface area (Å²) in [6, 6.07) is -0.627. The van der Waals surface area contributed by atoms with Crippen LogP contribution in [0.3, 0.4) is 0 Å². The zero-order valence-corrected chi connectivity index (χ0v) is 55.7. The topological polar surface area (TPSA) is 69.6 Å². The van der Waals surface area contributed by atoms with Crippen LogP contribution in [0.1, 0.15) is 380 Å². The van der Waals surface area contributed by atoms with Crippen molar-refractivity contribution in [3.8, 4) is 0 Å². The van der Waals surface area contributed by atoms with Gasteiger partial charge in [0.25, 0.3) is 0 Å². The standard InChI is InChI=1S/C79H143NO3/c1-3-5-7-9-11-13-15-17-19-21-23-25-27-29-31-33-35-36-37-38-39-40-41-42-43-44-45-47-49-51-53-55-57-59-61-63-65-67-69-71-73-75-79(83)80-77(76-81)78(82)74-72-70-68-66-64-62-60-58-56-54-52-50-48-46-34-32-30-28-26-24-22-20-18-16-14-12-10-8-6-4-2/h5,7,11,13,17,19,23,25,29,31,35-36,38-39,72,74,77-78,81-82H,3-4,6,8-10,12,14-16,18,20-22,24,26-28,30,32-34,37,40-71,73,75-76H2,1-2H3,(H,80,83)/b7-5-,13-11-,19-17-,25-23-,31-29-,36-35-,39-38-,74-72+. The van der Waals surface area contributed by atoms with Crippen LogP contribution >= 0.6 is 0 Å². The number of aliphatic hydroxyl groups is 2. The van der Waals surface area contributed by atoms with Crippen LogP contribution in [0.25, 0.3) is 0 Å². The van der Waals surface area contributed by atoms with Gasteiger partial charge in [-0.05, 0) is 77.0 Å². The molecule has 0 aliphatic rings. The molecule has 0 bridgehead atoms. The molecule has 4 heteroatoms. The maximum absolute atomic E-state index is 12.6. The number of carbonyl (C=O) groups excluding carboxylic acids is 1. The smallest absolute Gasteiger partial charge is 0.220 e. The Hall–Kier alpha value is -2.69. The van der Waals surface area contributed by atoms with Crippen molar-refractivity contribution in [1.29, 1.82) is 0 Å². The van der Waals surface area contributed by atoms with Crippen LogP contribution in [0.5, 0.6) is 0 Å². The van der Waals surface area contributed by atoms with Crippen molar-refractivity contribution in [1.82, 2.24) is 5.32 Å². The quantitative estimate of drug-likeness (QED) is 0.0420. The van der Waals surface area contributed by atoms with Crippen LogP contribution in [0.2, 0.25) is 0 Å². The summed E-state index contributed by atoms with van der Waals surface area (Å²) in [4.78, 5) is 12.6. The van der Waals surface area contributed by atoms with E-state index in [0.29, 0.717) is 6.42 Å². The second kappa shape index (κ2) is 73.6. The largest absolute Gasteiger partial charge is 0.394 e. The molecule has 2 unspecified atom stereocenters. The van der Waals surface area contributed by atoms with Gasteiger partial charge in [-0.3, -0.25) is 4.79 Å². The van der Waals surface area contributed by atoms with Crippen LogP contribution in [0.15, 0.2) is 97.2 Å². The highest BCUT2D eigenvalue weighted by Gasteiger charge is 2.18. The first-order chi connectivity index (χ1) is 41.2. The SMILES string of the molecule is CC/C=C\C/C=C\C/C=C\C/C=C\C/C=C\C/C=C\C/C=C\CCCCCCCCCCCCCCCCCCCCCC(=O)NC(CO)C(O)/C=C/CCCCCCCCCCCCCCCCCCCCCCCCCCCCCC. The molecule has 0 aromatic heterocycles. The Bertz CT molecular complexity index is 1500. The van der Waals surface area contributed by atoms with Gasteiger partial charge >= 0.3 is 0 Å². The summed E-state index contributed by atoms with van der Waals surface area (Å²) in [7, 11) is 0. The van der Waals surface area contributed by atoms with Crippen molar-refractivity contribution in [2.75, 3.05) is 6.61 Å². The predicted octanol–water partition coefficient (Wildman–Crippen LogP) is 25.5. The van der Waals surface area contributed by atoms with E-state index in [1.54, 1.807) is 6.08 Å². The van der Waals surface area contributed by atoms with E-state index in [2.05, 4.69) is 104 Å². The lowest BCUT2D eigenvalue weighted by molar-refractivity contribution is -0.123. The van der Waals surface area contributed by atoms with Crippen molar-refractivity contribution < 1.29 is 15.0 Å². The fraction of sp³-hybridized carbons (Fsp3) is 0.785.